The Morgan fingerprint density at radius 2 is 2.36 bits per heavy atom. The standard InChI is InChI=1S/C10H15BrN2O/c1-2-14-5-3-4-13-10-6-9(11)7-12-8-10/h6-8,13H,2-5H2,1H3. The average molecular weight is 259 g/mol. The molecule has 0 spiro atoms. The molecule has 1 N–H and O–H groups in total. The van der Waals surface area contributed by atoms with Crippen molar-refractivity contribution in [3.8, 4) is 0 Å². The van der Waals surface area contributed by atoms with Gasteiger partial charge in [0.05, 0.1) is 11.9 Å². The molecule has 1 aromatic rings. The van der Waals surface area contributed by atoms with E-state index in [1.54, 1.807) is 6.20 Å². The first-order valence-corrected chi connectivity index (χ1v) is 5.54. The van der Waals surface area contributed by atoms with Crippen molar-refractivity contribution < 1.29 is 4.74 Å². The second kappa shape index (κ2) is 6.79. The van der Waals surface area contributed by atoms with E-state index in [0.29, 0.717) is 0 Å². The monoisotopic (exact) mass is 258 g/mol. The van der Waals surface area contributed by atoms with Crippen LogP contribution in [0.4, 0.5) is 5.69 Å². The molecule has 1 rings (SSSR count). The summed E-state index contributed by atoms with van der Waals surface area (Å²) in [5.41, 5.74) is 1.04. The van der Waals surface area contributed by atoms with Gasteiger partial charge in [-0.1, -0.05) is 0 Å². The second-order valence-electron chi connectivity index (χ2n) is 2.87. The maximum Gasteiger partial charge on any atom is 0.0538 e. The molecule has 3 nitrogen and oxygen atoms in total. The molecular weight excluding hydrogens is 244 g/mol. The van der Waals surface area contributed by atoms with Crippen LogP contribution in [0.5, 0.6) is 0 Å². The minimum Gasteiger partial charge on any atom is -0.384 e. The van der Waals surface area contributed by atoms with Crippen LogP contribution in [0.2, 0.25) is 0 Å². The van der Waals surface area contributed by atoms with E-state index >= 15 is 0 Å². The number of hydrogen-bond donors (Lipinski definition) is 1. The van der Waals surface area contributed by atoms with Crippen molar-refractivity contribution in [3.05, 3.63) is 22.9 Å². The van der Waals surface area contributed by atoms with Crippen LogP contribution >= 0.6 is 15.9 Å². The van der Waals surface area contributed by atoms with Gasteiger partial charge in [0.1, 0.15) is 0 Å². The van der Waals surface area contributed by atoms with Gasteiger partial charge >= 0.3 is 0 Å². The summed E-state index contributed by atoms with van der Waals surface area (Å²) < 4.78 is 6.22. The highest BCUT2D eigenvalue weighted by atomic mass is 79.9. The first-order chi connectivity index (χ1) is 6.83. The third kappa shape index (κ3) is 4.58. The minimum atomic E-state index is 0.790. The van der Waals surface area contributed by atoms with Crippen LogP contribution in [0.3, 0.4) is 0 Å². The van der Waals surface area contributed by atoms with E-state index in [2.05, 4.69) is 26.2 Å². The number of nitrogens with zero attached hydrogens (tertiary/aromatic N) is 1. The molecule has 0 saturated carbocycles. The molecule has 0 fully saturated rings. The zero-order valence-electron chi connectivity index (χ0n) is 8.29. The lowest BCUT2D eigenvalue weighted by Gasteiger charge is -2.05. The van der Waals surface area contributed by atoms with Crippen LogP contribution in [-0.2, 0) is 4.74 Å². The van der Waals surface area contributed by atoms with Crippen molar-refractivity contribution >= 4 is 21.6 Å². The number of ether oxygens (including phenoxy) is 1. The van der Waals surface area contributed by atoms with Crippen LogP contribution in [0.1, 0.15) is 13.3 Å². The zero-order valence-corrected chi connectivity index (χ0v) is 9.88. The third-order valence-corrected chi connectivity index (χ3v) is 2.14. The highest BCUT2D eigenvalue weighted by Gasteiger charge is 1.93. The number of halogens is 1. The van der Waals surface area contributed by atoms with Crippen LogP contribution in [0, 0.1) is 0 Å². The van der Waals surface area contributed by atoms with Gasteiger partial charge in [-0.3, -0.25) is 4.98 Å². The summed E-state index contributed by atoms with van der Waals surface area (Å²) in [6.07, 6.45) is 4.59. The van der Waals surface area contributed by atoms with Crippen molar-refractivity contribution in [2.75, 3.05) is 25.1 Å². The largest absolute Gasteiger partial charge is 0.384 e. The molecule has 0 radical (unpaired) electrons. The summed E-state index contributed by atoms with van der Waals surface area (Å²) in [5, 5.41) is 3.27. The lowest BCUT2D eigenvalue weighted by Crippen LogP contribution is -2.05. The van der Waals surface area contributed by atoms with E-state index in [-0.39, 0.29) is 0 Å². The molecule has 0 aliphatic heterocycles. The van der Waals surface area contributed by atoms with Gasteiger partial charge in [0.25, 0.3) is 0 Å². The summed E-state index contributed by atoms with van der Waals surface area (Å²) in [7, 11) is 0. The van der Waals surface area contributed by atoms with E-state index in [1.807, 2.05) is 19.2 Å². The molecule has 0 bridgehead atoms. The predicted octanol–water partition coefficient (Wildman–Crippen LogP) is 2.68. The number of aromatic nitrogens is 1. The van der Waals surface area contributed by atoms with Gasteiger partial charge < -0.3 is 10.1 Å². The lowest BCUT2D eigenvalue weighted by molar-refractivity contribution is 0.147. The number of rotatable bonds is 6. The van der Waals surface area contributed by atoms with Gasteiger partial charge in [0.15, 0.2) is 0 Å². The Labute approximate surface area is 93.0 Å². The fourth-order valence-electron chi connectivity index (χ4n) is 1.06. The number of pyridine rings is 1. The fraction of sp³-hybridized carbons (Fsp3) is 0.500. The highest BCUT2D eigenvalue weighted by Crippen LogP contribution is 2.13. The predicted molar refractivity (Wildman–Crippen MR) is 61.5 cm³/mol. The Morgan fingerprint density at radius 3 is 3.07 bits per heavy atom. The molecule has 0 saturated heterocycles. The zero-order chi connectivity index (χ0) is 10.2. The van der Waals surface area contributed by atoms with Gasteiger partial charge in [-0.25, -0.2) is 0 Å². The third-order valence-electron chi connectivity index (χ3n) is 1.70. The molecule has 0 aromatic carbocycles. The van der Waals surface area contributed by atoms with Gasteiger partial charge in [-0.2, -0.15) is 0 Å². The number of nitrogens with one attached hydrogen (secondary N) is 1. The van der Waals surface area contributed by atoms with E-state index in [0.717, 1.165) is 36.3 Å². The van der Waals surface area contributed by atoms with E-state index in [9.17, 15) is 0 Å². The molecule has 0 amide bonds. The van der Waals surface area contributed by atoms with Gasteiger partial charge in [-0.15, -0.1) is 0 Å². The van der Waals surface area contributed by atoms with Crippen LogP contribution < -0.4 is 5.32 Å². The maximum absolute atomic E-state index is 5.23. The molecule has 1 aromatic heterocycles. The smallest absolute Gasteiger partial charge is 0.0538 e. The summed E-state index contributed by atoms with van der Waals surface area (Å²) in [6, 6.07) is 2.01. The Kier molecular flexibility index (Phi) is 5.56. The highest BCUT2D eigenvalue weighted by molar-refractivity contribution is 9.10. The van der Waals surface area contributed by atoms with Crippen LogP contribution in [0.15, 0.2) is 22.9 Å². The topological polar surface area (TPSA) is 34.1 Å². The maximum atomic E-state index is 5.23. The molecule has 4 heteroatoms. The normalized spacial score (nSPS) is 10.1. The Balaban J connectivity index is 2.18. The quantitative estimate of drug-likeness (QED) is 0.797. The summed E-state index contributed by atoms with van der Waals surface area (Å²) in [4.78, 5) is 4.06. The molecule has 78 valence electrons. The van der Waals surface area contributed by atoms with Gasteiger partial charge in [0, 0.05) is 30.4 Å². The van der Waals surface area contributed by atoms with E-state index in [1.165, 1.54) is 0 Å². The minimum absolute atomic E-state index is 0.790. The summed E-state index contributed by atoms with van der Waals surface area (Å²) >= 11 is 3.37. The van der Waals surface area contributed by atoms with E-state index < -0.39 is 0 Å². The molecule has 0 unspecified atom stereocenters. The first kappa shape index (κ1) is 11.5. The van der Waals surface area contributed by atoms with Crippen molar-refractivity contribution in [2.24, 2.45) is 0 Å². The van der Waals surface area contributed by atoms with Crippen LogP contribution in [-0.4, -0.2) is 24.7 Å². The Bertz CT molecular complexity index is 268. The molecule has 0 atom stereocenters. The van der Waals surface area contributed by atoms with Crippen molar-refractivity contribution in [3.63, 3.8) is 0 Å². The SMILES string of the molecule is CCOCCCNc1cncc(Br)c1. The molecule has 14 heavy (non-hydrogen) atoms. The summed E-state index contributed by atoms with van der Waals surface area (Å²) in [5.74, 6) is 0. The first-order valence-electron chi connectivity index (χ1n) is 4.75. The average Bonchev–Trinajstić information content (AvgIpc) is 2.18. The molecule has 0 aliphatic rings. The number of hydrogen-bond acceptors (Lipinski definition) is 3. The van der Waals surface area contributed by atoms with E-state index in [4.69, 9.17) is 4.74 Å². The van der Waals surface area contributed by atoms with Crippen LogP contribution in [0.25, 0.3) is 0 Å². The van der Waals surface area contributed by atoms with Gasteiger partial charge in [0.2, 0.25) is 0 Å². The second-order valence-corrected chi connectivity index (χ2v) is 3.78. The molecular formula is C10H15BrN2O. The lowest BCUT2D eigenvalue weighted by atomic mass is 10.4. The van der Waals surface area contributed by atoms with Crippen molar-refractivity contribution in [2.45, 2.75) is 13.3 Å². The number of anilines is 1. The van der Waals surface area contributed by atoms with Crippen molar-refractivity contribution in [1.82, 2.24) is 4.98 Å². The van der Waals surface area contributed by atoms with Crippen molar-refractivity contribution in [1.29, 1.82) is 0 Å². The molecule has 1 heterocycles. The Hall–Kier alpha value is -0.610. The Morgan fingerprint density at radius 1 is 1.50 bits per heavy atom. The molecule has 0 aliphatic carbocycles. The fourth-order valence-corrected chi connectivity index (χ4v) is 1.42. The summed E-state index contributed by atoms with van der Waals surface area (Å²) in [6.45, 7) is 4.52. The van der Waals surface area contributed by atoms with Gasteiger partial charge in [-0.05, 0) is 35.3 Å².